The van der Waals surface area contributed by atoms with Gasteiger partial charge in [0, 0.05) is 23.1 Å². The number of benzene rings is 2. The number of hydrogen-bond acceptors (Lipinski definition) is 4. The van der Waals surface area contributed by atoms with E-state index in [-0.39, 0.29) is 12.5 Å². The summed E-state index contributed by atoms with van der Waals surface area (Å²) in [6.45, 7) is 3.81. The van der Waals surface area contributed by atoms with Crippen molar-refractivity contribution in [2.45, 2.75) is 39.3 Å². The van der Waals surface area contributed by atoms with Gasteiger partial charge in [-0.1, -0.05) is 55.2 Å². The third-order valence-electron chi connectivity index (χ3n) is 5.03. The Morgan fingerprint density at radius 1 is 1.03 bits per heavy atom. The first-order valence-corrected chi connectivity index (χ1v) is 13.2. The van der Waals surface area contributed by atoms with E-state index in [9.17, 15) is 18.0 Å². The van der Waals surface area contributed by atoms with Crippen LogP contribution in [0.2, 0.25) is 10.0 Å². The standard InChI is InChI=1S/C23H29Cl2N3O4S/c1-4-14-26-23(30)21(5-2)27(15-17-8-6-7-9-20(17)25)22(29)16-28(33(3,31)32)19-12-10-18(24)11-13-19/h6-13,21H,4-5,14-16H2,1-3H3,(H,26,30)/t21-/m1/s1. The number of anilines is 1. The maximum absolute atomic E-state index is 13.5. The van der Waals surface area contributed by atoms with Crippen LogP contribution in [-0.4, -0.2) is 50.5 Å². The van der Waals surface area contributed by atoms with Crippen LogP contribution in [0.3, 0.4) is 0 Å². The zero-order valence-corrected chi connectivity index (χ0v) is 21.3. The maximum atomic E-state index is 13.5. The van der Waals surface area contributed by atoms with Crippen molar-refractivity contribution in [2.75, 3.05) is 23.7 Å². The monoisotopic (exact) mass is 513 g/mol. The van der Waals surface area contributed by atoms with Crippen LogP contribution in [0, 0.1) is 0 Å². The molecule has 33 heavy (non-hydrogen) atoms. The van der Waals surface area contributed by atoms with E-state index in [0.717, 1.165) is 17.0 Å². The Morgan fingerprint density at radius 2 is 1.67 bits per heavy atom. The molecule has 2 aromatic rings. The quantitative estimate of drug-likeness (QED) is 0.490. The fourth-order valence-electron chi connectivity index (χ4n) is 3.32. The van der Waals surface area contributed by atoms with Crippen LogP contribution >= 0.6 is 23.2 Å². The molecule has 0 fully saturated rings. The molecule has 10 heteroatoms. The molecule has 0 saturated carbocycles. The van der Waals surface area contributed by atoms with E-state index in [1.165, 1.54) is 17.0 Å². The van der Waals surface area contributed by atoms with Gasteiger partial charge < -0.3 is 10.2 Å². The third kappa shape index (κ3) is 7.62. The van der Waals surface area contributed by atoms with Crippen molar-refractivity contribution >= 4 is 50.7 Å². The molecule has 1 atom stereocenters. The molecule has 0 radical (unpaired) electrons. The van der Waals surface area contributed by atoms with Crippen molar-refractivity contribution in [1.29, 1.82) is 0 Å². The molecule has 0 spiro atoms. The molecular weight excluding hydrogens is 485 g/mol. The van der Waals surface area contributed by atoms with Crippen molar-refractivity contribution in [3.8, 4) is 0 Å². The van der Waals surface area contributed by atoms with Crippen LogP contribution in [-0.2, 0) is 26.2 Å². The first-order chi connectivity index (χ1) is 15.6. The van der Waals surface area contributed by atoms with Gasteiger partial charge in [-0.25, -0.2) is 8.42 Å². The maximum Gasteiger partial charge on any atom is 0.244 e. The molecule has 2 aromatic carbocycles. The summed E-state index contributed by atoms with van der Waals surface area (Å²) in [5.74, 6) is -0.814. The summed E-state index contributed by atoms with van der Waals surface area (Å²) in [5, 5.41) is 3.73. The highest BCUT2D eigenvalue weighted by molar-refractivity contribution is 7.92. The second kappa shape index (κ2) is 12.3. The number of hydrogen-bond donors (Lipinski definition) is 1. The average Bonchev–Trinajstić information content (AvgIpc) is 2.77. The summed E-state index contributed by atoms with van der Waals surface area (Å²) in [6.07, 6.45) is 2.13. The lowest BCUT2D eigenvalue weighted by Crippen LogP contribution is -2.52. The van der Waals surface area contributed by atoms with Gasteiger partial charge in [-0.3, -0.25) is 13.9 Å². The van der Waals surface area contributed by atoms with Crippen molar-refractivity contribution in [3.63, 3.8) is 0 Å². The molecule has 0 aromatic heterocycles. The smallest absolute Gasteiger partial charge is 0.244 e. The lowest BCUT2D eigenvalue weighted by Gasteiger charge is -2.33. The molecule has 2 rings (SSSR count). The number of sulfonamides is 1. The van der Waals surface area contributed by atoms with Gasteiger partial charge in [0.15, 0.2) is 0 Å². The Morgan fingerprint density at radius 3 is 2.21 bits per heavy atom. The Labute approximate surface area is 205 Å². The minimum Gasteiger partial charge on any atom is -0.354 e. The van der Waals surface area contributed by atoms with Crippen LogP contribution in [0.1, 0.15) is 32.3 Å². The zero-order valence-electron chi connectivity index (χ0n) is 18.9. The largest absolute Gasteiger partial charge is 0.354 e. The topological polar surface area (TPSA) is 86.8 Å². The number of carbonyl (C=O) groups is 2. The lowest BCUT2D eigenvalue weighted by atomic mass is 10.1. The Kier molecular flexibility index (Phi) is 10.0. The second-order valence-corrected chi connectivity index (χ2v) is 10.3. The SMILES string of the molecule is CCCNC(=O)[C@@H](CC)N(Cc1ccccc1Cl)C(=O)CN(c1ccc(Cl)cc1)S(C)(=O)=O. The molecule has 0 heterocycles. The summed E-state index contributed by atoms with van der Waals surface area (Å²) in [7, 11) is -3.79. The second-order valence-electron chi connectivity index (χ2n) is 7.57. The number of nitrogens with zero attached hydrogens (tertiary/aromatic N) is 2. The number of nitrogens with one attached hydrogen (secondary N) is 1. The molecule has 7 nitrogen and oxygen atoms in total. The van der Waals surface area contributed by atoms with E-state index < -0.39 is 28.5 Å². The normalized spacial score (nSPS) is 12.2. The van der Waals surface area contributed by atoms with Gasteiger partial charge in [-0.2, -0.15) is 0 Å². The first-order valence-electron chi connectivity index (χ1n) is 10.6. The van der Waals surface area contributed by atoms with Crippen LogP contribution in [0.15, 0.2) is 48.5 Å². The van der Waals surface area contributed by atoms with Crippen LogP contribution in [0.5, 0.6) is 0 Å². The number of amides is 2. The van der Waals surface area contributed by atoms with E-state index in [4.69, 9.17) is 23.2 Å². The Bertz CT molecular complexity index is 1060. The van der Waals surface area contributed by atoms with Gasteiger partial charge in [0.2, 0.25) is 21.8 Å². The van der Waals surface area contributed by atoms with Gasteiger partial charge in [-0.15, -0.1) is 0 Å². The van der Waals surface area contributed by atoms with Crippen molar-refractivity contribution in [3.05, 3.63) is 64.1 Å². The Balaban J connectivity index is 2.42. The summed E-state index contributed by atoms with van der Waals surface area (Å²) in [4.78, 5) is 27.8. The van der Waals surface area contributed by atoms with Gasteiger partial charge >= 0.3 is 0 Å². The minimum absolute atomic E-state index is 0.0643. The molecule has 0 bridgehead atoms. The fourth-order valence-corrected chi connectivity index (χ4v) is 4.49. The number of halogens is 2. The number of carbonyl (C=O) groups excluding carboxylic acids is 2. The highest BCUT2D eigenvalue weighted by atomic mass is 35.5. The number of rotatable bonds is 11. The predicted molar refractivity (Wildman–Crippen MR) is 133 cm³/mol. The predicted octanol–water partition coefficient (Wildman–Crippen LogP) is 4.09. The van der Waals surface area contributed by atoms with Gasteiger partial charge in [0.1, 0.15) is 12.6 Å². The highest BCUT2D eigenvalue weighted by Crippen LogP contribution is 2.23. The molecule has 0 aliphatic rings. The minimum atomic E-state index is -3.79. The fraction of sp³-hybridized carbons (Fsp3) is 0.391. The van der Waals surface area contributed by atoms with E-state index in [2.05, 4.69) is 5.32 Å². The van der Waals surface area contributed by atoms with E-state index in [1.807, 2.05) is 6.92 Å². The molecule has 0 saturated heterocycles. The summed E-state index contributed by atoms with van der Waals surface area (Å²) in [5.41, 5.74) is 0.961. The summed E-state index contributed by atoms with van der Waals surface area (Å²) in [6, 6.07) is 12.4. The van der Waals surface area contributed by atoms with Crippen molar-refractivity contribution < 1.29 is 18.0 Å². The molecule has 0 unspecified atom stereocenters. The zero-order chi connectivity index (χ0) is 24.6. The molecule has 180 valence electrons. The third-order valence-corrected chi connectivity index (χ3v) is 6.79. The molecule has 2 amide bonds. The molecule has 1 N–H and O–H groups in total. The van der Waals surface area contributed by atoms with E-state index in [0.29, 0.717) is 34.3 Å². The van der Waals surface area contributed by atoms with Crippen LogP contribution < -0.4 is 9.62 Å². The van der Waals surface area contributed by atoms with Crippen LogP contribution in [0.4, 0.5) is 5.69 Å². The lowest BCUT2D eigenvalue weighted by molar-refractivity contribution is -0.140. The van der Waals surface area contributed by atoms with Crippen LogP contribution in [0.25, 0.3) is 0 Å². The highest BCUT2D eigenvalue weighted by Gasteiger charge is 2.31. The van der Waals surface area contributed by atoms with Gasteiger partial charge in [0.25, 0.3) is 0 Å². The van der Waals surface area contributed by atoms with E-state index >= 15 is 0 Å². The average molecular weight is 514 g/mol. The van der Waals surface area contributed by atoms with Gasteiger partial charge in [0.05, 0.1) is 11.9 Å². The molecule has 0 aliphatic heterocycles. The molecular formula is C23H29Cl2N3O4S. The van der Waals surface area contributed by atoms with Gasteiger partial charge in [-0.05, 0) is 48.7 Å². The van der Waals surface area contributed by atoms with Crippen molar-refractivity contribution in [1.82, 2.24) is 10.2 Å². The Hall–Kier alpha value is -2.29. The van der Waals surface area contributed by atoms with Crippen molar-refractivity contribution in [2.24, 2.45) is 0 Å². The first kappa shape index (κ1) is 27.0. The summed E-state index contributed by atoms with van der Waals surface area (Å²) < 4.78 is 26.0. The van der Waals surface area contributed by atoms with E-state index in [1.54, 1.807) is 43.3 Å². The molecule has 0 aliphatic carbocycles. The summed E-state index contributed by atoms with van der Waals surface area (Å²) >= 11 is 12.2.